The molecule has 25 unspecified atom stereocenters. The van der Waals surface area contributed by atoms with Crippen LogP contribution < -0.4 is 10.6 Å². The number of carbonyl (C=O) groups excluding carboxylic acids is 7. The minimum atomic E-state index is -0.234. The Labute approximate surface area is 695 Å². The van der Waals surface area contributed by atoms with Gasteiger partial charge in [-0.1, -0.05) is 145 Å². The largest absolute Gasteiger partial charge is 0.459 e. The summed E-state index contributed by atoms with van der Waals surface area (Å²) in [6, 6.07) is 1.64. The maximum absolute atomic E-state index is 12.2. The van der Waals surface area contributed by atoms with Crippen molar-refractivity contribution in [3.63, 3.8) is 0 Å². The molecule has 0 aromatic carbocycles. The van der Waals surface area contributed by atoms with Gasteiger partial charge in [-0.05, 0) is 360 Å². The monoisotopic (exact) mass is 1580 g/mol. The van der Waals surface area contributed by atoms with E-state index in [0.29, 0.717) is 58.3 Å². The number of fused-ring (bicyclic) bond motifs is 15. The van der Waals surface area contributed by atoms with Crippen LogP contribution in [0.4, 0.5) is 0 Å². The number of likely N-dealkylation sites (N-methyl/N-ethyl adjacent to an activating group) is 2. The molecule has 0 radical (unpaired) electrons. The maximum atomic E-state index is 12.2. The van der Waals surface area contributed by atoms with Crippen molar-refractivity contribution in [3.05, 3.63) is 122 Å². The molecular formula is C101H154N4O10. The molecule has 14 nitrogen and oxygen atoms in total. The van der Waals surface area contributed by atoms with Gasteiger partial charge in [-0.15, -0.1) is 0 Å². The zero-order valence-corrected chi connectivity index (χ0v) is 73.1. The third kappa shape index (κ3) is 24.9. The zero-order chi connectivity index (χ0) is 82.7. The van der Waals surface area contributed by atoms with Gasteiger partial charge in [0.15, 0.2) is 0 Å². The molecule has 638 valence electrons. The number of allylic oxidation sites excluding steroid dienone is 6. The Bertz CT molecular complexity index is 3520. The minimum Gasteiger partial charge on any atom is -0.459 e. The fraction of sp³-hybridized carbons (Fsp3) is 0.733. The van der Waals surface area contributed by atoms with E-state index in [1.807, 2.05) is 23.8 Å². The van der Waals surface area contributed by atoms with Gasteiger partial charge in [-0.3, -0.25) is 19.2 Å². The first kappa shape index (κ1) is 91.0. The number of nitrogens with one attached hydrogen (secondary N) is 2. The van der Waals surface area contributed by atoms with Gasteiger partial charge in [0.25, 0.3) is 0 Å². The molecule has 13 fully saturated rings. The Morgan fingerprint density at radius 2 is 0.843 bits per heavy atom. The number of ether oxygens (including phenoxy) is 3. The number of esters is 3. The highest BCUT2D eigenvalue weighted by Gasteiger charge is 2.56. The summed E-state index contributed by atoms with van der Waals surface area (Å²) >= 11 is 0. The third-order valence-electron chi connectivity index (χ3n) is 31.5. The van der Waals surface area contributed by atoms with E-state index >= 15 is 0 Å². The number of hydrogen-bond acceptors (Lipinski definition) is 10. The lowest BCUT2D eigenvalue weighted by atomic mass is 9.69. The quantitative estimate of drug-likeness (QED) is 0.0694. The highest BCUT2D eigenvalue weighted by atomic mass is 16.6. The van der Waals surface area contributed by atoms with E-state index in [1.165, 1.54) is 217 Å². The molecule has 0 spiro atoms. The number of amides is 4. The van der Waals surface area contributed by atoms with E-state index in [0.717, 1.165) is 153 Å². The topological polar surface area (TPSA) is 178 Å². The first-order chi connectivity index (χ1) is 55.1. The van der Waals surface area contributed by atoms with Crippen LogP contribution in [-0.2, 0) is 47.8 Å². The predicted molar refractivity (Wildman–Crippen MR) is 465 cm³/mol. The summed E-state index contributed by atoms with van der Waals surface area (Å²) in [7, 11) is 1.92. The molecule has 14 heteroatoms. The van der Waals surface area contributed by atoms with Crippen LogP contribution >= 0.6 is 0 Å². The minimum absolute atomic E-state index is 0.00532. The van der Waals surface area contributed by atoms with E-state index in [1.54, 1.807) is 37.5 Å². The van der Waals surface area contributed by atoms with Gasteiger partial charge in [0.2, 0.25) is 23.6 Å². The number of hydrogen-bond donors (Lipinski definition) is 2. The van der Waals surface area contributed by atoms with E-state index in [2.05, 4.69) is 103 Å². The lowest BCUT2D eigenvalue weighted by Gasteiger charge is -2.42. The molecule has 115 heavy (non-hydrogen) atoms. The second-order valence-corrected chi connectivity index (χ2v) is 39.3. The van der Waals surface area contributed by atoms with Crippen LogP contribution in [0.25, 0.3) is 0 Å². The van der Waals surface area contributed by atoms with E-state index in [9.17, 15) is 33.6 Å². The SMILES string of the molecule is C=C(C)C(=O)N(CC)C1CCC2C=C(C)CCC2C1.C=C(C)C(=O)NC1CCC2C=C(C)CCC2C1.C=C(C)C(=O)OC1CC2CC1C1CCCC21.C=C(C)C(=O)OC1CCC2CCCCC2C1.C=CC(=O)N(C)C1CCC2C=C(C)CCC2C1.C=CC(=O)NC1CCC2CCCCC2C1.C=CC(=O)OC1CC2CC1C1CCCC21. The normalized spacial score (nSPS) is 36.1. The molecule has 4 amide bonds. The van der Waals surface area contributed by atoms with Crippen molar-refractivity contribution < 1.29 is 47.8 Å². The Morgan fingerprint density at radius 3 is 1.34 bits per heavy atom. The highest BCUT2D eigenvalue weighted by molar-refractivity contribution is 5.93. The van der Waals surface area contributed by atoms with Crippen LogP contribution in [-0.4, -0.2) is 107 Å². The predicted octanol–water partition coefficient (Wildman–Crippen LogP) is 21.9. The standard InChI is InChI=1S/C17H27NO.2C15H23NO.C14H20O2.C14H22O2.C13H21NO.C13H18O2/c1-5-18(17(19)12(2)3)16-9-8-14-10-13(4)6-7-15(14)11-16;1-10(2)15(17)16-14-7-6-12-8-11(3)4-5-13(12)9-14;1-4-15(17)16(3)14-8-7-12-9-11(2)5-6-13(12)10-14;1-8(2)14(15)16-13-7-9-6-12(13)11-5-3-4-10(9)11;1-10(2)14(15)16-13-8-7-11-5-3-4-6-12(11)9-13;1-2-13(15)14-12-8-7-10-5-3-4-6-11(10)9-12;1-2-13(14)15-12-7-8-6-11(12)10-5-3-4-9(8)10/h10,14-16H,2,5-9,11H2,1,3-4H3;8,12-14H,1,4-7,9H2,2-3H3,(H,16,17);4,9,12-14H,1,5-8,10H2,2-3H3;9-13H,1,3-7H2,2H3;11-13H,1,3-9H2,2H3;2,10-12H,1,3-9H2,(H,14,15);2,8-12H,1,3-7H2. The molecule has 16 aliphatic rings. The first-order valence-corrected chi connectivity index (χ1v) is 46.4. The lowest BCUT2D eigenvalue weighted by Crippen LogP contribution is -2.45. The van der Waals surface area contributed by atoms with Crippen LogP contribution in [0.2, 0.25) is 0 Å². The highest BCUT2D eigenvalue weighted by Crippen LogP contribution is 2.61. The first-order valence-electron chi connectivity index (χ1n) is 46.4. The summed E-state index contributed by atoms with van der Waals surface area (Å²) in [6.45, 7) is 42.0. The van der Waals surface area contributed by atoms with Gasteiger partial charge in [-0.2, -0.15) is 0 Å². The van der Waals surface area contributed by atoms with Crippen molar-refractivity contribution in [2.45, 2.75) is 348 Å². The molecule has 0 aliphatic heterocycles. The Balaban J connectivity index is 0.000000142. The molecule has 4 bridgehead atoms. The third-order valence-corrected chi connectivity index (χ3v) is 31.5. The summed E-state index contributed by atoms with van der Waals surface area (Å²) < 4.78 is 16.5. The molecule has 13 saturated carbocycles. The van der Waals surface area contributed by atoms with Gasteiger partial charge < -0.3 is 34.6 Å². The molecule has 16 rings (SSSR count). The van der Waals surface area contributed by atoms with Crippen molar-refractivity contribution in [1.29, 1.82) is 0 Å². The van der Waals surface area contributed by atoms with Gasteiger partial charge >= 0.3 is 17.9 Å². The lowest BCUT2D eigenvalue weighted by molar-refractivity contribution is -0.148. The second kappa shape index (κ2) is 43.6. The summed E-state index contributed by atoms with van der Waals surface area (Å²) in [6.07, 6.45) is 61.7. The van der Waals surface area contributed by atoms with Crippen LogP contribution in [0.5, 0.6) is 0 Å². The zero-order valence-electron chi connectivity index (χ0n) is 73.1. The van der Waals surface area contributed by atoms with E-state index < -0.39 is 0 Å². The van der Waals surface area contributed by atoms with Crippen molar-refractivity contribution in [3.8, 4) is 0 Å². The van der Waals surface area contributed by atoms with Crippen LogP contribution in [0.3, 0.4) is 0 Å². The Hall–Kier alpha value is -6.31. The summed E-state index contributed by atoms with van der Waals surface area (Å²) in [5, 5.41) is 6.15. The summed E-state index contributed by atoms with van der Waals surface area (Å²) in [5.74, 6) is 14.5. The number of carbonyl (C=O) groups is 7. The van der Waals surface area contributed by atoms with Gasteiger partial charge in [-0.25, -0.2) is 14.4 Å². The molecule has 2 N–H and O–H groups in total. The molecule has 0 aromatic rings. The molecular weight excluding hydrogens is 1430 g/mol. The second-order valence-electron chi connectivity index (χ2n) is 39.3. The van der Waals surface area contributed by atoms with Crippen molar-refractivity contribution >= 4 is 41.5 Å². The number of nitrogens with zero attached hydrogens (tertiary/aromatic N) is 2. The maximum Gasteiger partial charge on any atom is 0.333 e. The van der Waals surface area contributed by atoms with Crippen molar-refractivity contribution in [2.24, 2.45) is 107 Å². The van der Waals surface area contributed by atoms with Gasteiger partial charge in [0, 0.05) is 66.1 Å². The fourth-order valence-electron chi connectivity index (χ4n) is 25.4. The van der Waals surface area contributed by atoms with Gasteiger partial charge in [0.1, 0.15) is 18.3 Å². The molecule has 0 aromatic heterocycles. The molecule has 0 saturated heterocycles. The Kier molecular flexibility index (Phi) is 34.5. The van der Waals surface area contributed by atoms with Crippen LogP contribution in [0, 0.1) is 107 Å². The summed E-state index contributed by atoms with van der Waals surface area (Å²) in [5.41, 5.74) is 7.01. The van der Waals surface area contributed by atoms with Crippen LogP contribution in [0.15, 0.2) is 122 Å². The average molecular weight is 1580 g/mol. The fourth-order valence-corrected chi connectivity index (χ4v) is 25.4. The Morgan fingerprint density at radius 1 is 0.400 bits per heavy atom. The van der Waals surface area contributed by atoms with E-state index in [-0.39, 0.29) is 59.8 Å². The molecule has 16 aliphatic carbocycles. The molecule has 25 atom stereocenters. The summed E-state index contributed by atoms with van der Waals surface area (Å²) in [4.78, 5) is 84.7. The smallest absolute Gasteiger partial charge is 0.333 e. The van der Waals surface area contributed by atoms with Crippen molar-refractivity contribution in [1.82, 2.24) is 20.4 Å². The molecule has 0 heterocycles. The average Bonchev–Trinajstić information content (AvgIpc) is 1.60. The van der Waals surface area contributed by atoms with Crippen molar-refractivity contribution in [2.75, 3.05) is 13.6 Å². The van der Waals surface area contributed by atoms with Gasteiger partial charge in [0.05, 0.1) is 0 Å². The number of rotatable bonds is 15. The van der Waals surface area contributed by atoms with E-state index in [4.69, 9.17) is 14.2 Å². The van der Waals surface area contributed by atoms with Crippen LogP contribution in [0.1, 0.15) is 306 Å².